The highest BCUT2D eigenvalue weighted by molar-refractivity contribution is 6.31. The molecule has 0 aliphatic carbocycles. The number of nitrogens with zero attached hydrogens (tertiary/aromatic N) is 1. The Balaban J connectivity index is 2.25. The van der Waals surface area contributed by atoms with Crippen molar-refractivity contribution in [1.82, 2.24) is 4.98 Å². The maximum absolute atomic E-state index is 6.09. The van der Waals surface area contributed by atoms with Gasteiger partial charge in [-0.3, -0.25) is 0 Å². The number of rotatable bonds is 3. The zero-order valence-corrected chi connectivity index (χ0v) is 11.2. The third kappa shape index (κ3) is 2.81. The van der Waals surface area contributed by atoms with E-state index >= 15 is 0 Å². The summed E-state index contributed by atoms with van der Waals surface area (Å²) in [6.45, 7) is 4.51. The Bertz CT molecular complexity index is 570. The number of pyridine rings is 1. The molecule has 0 bridgehead atoms. The first kappa shape index (κ1) is 12.9. The molecule has 2 aromatic rings. The number of halogens is 1. The predicted molar refractivity (Wildman–Crippen MR) is 73.1 cm³/mol. The highest BCUT2D eigenvalue weighted by atomic mass is 35.5. The van der Waals surface area contributed by atoms with E-state index in [0.29, 0.717) is 17.4 Å². The first-order chi connectivity index (χ1) is 8.60. The number of aromatic nitrogens is 1. The van der Waals surface area contributed by atoms with Crippen LogP contribution < -0.4 is 10.5 Å². The van der Waals surface area contributed by atoms with E-state index in [4.69, 9.17) is 22.1 Å². The SMILES string of the molecule is Cc1ccc(Oc2ncc(CN)cc2Cl)cc1C. The van der Waals surface area contributed by atoms with Crippen molar-refractivity contribution in [3.8, 4) is 11.6 Å². The van der Waals surface area contributed by atoms with E-state index < -0.39 is 0 Å². The second-order valence-electron chi connectivity index (χ2n) is 4.18. The van der Waals surface area contributed by atoms with E-state index in [9.17, 15) is 0 Å². The van der Waals surface area contributed by atoms with Crippen molar-refractivity contribution in [2.75, 3.05) is 0 Å². The van der Waals surface area contributed by atoms with Crippen molar-refractivity contribution >= 4 is 11.6 Å². The summed E-state index contributed by atoms with van der Waals surface area (Å²) in [5.74, 6) is 1.13. The van der Waals surface area contributed by atoms with E-state index in [1.807, 2.05) is 25.1 Å². The molecule has 0 amide bonds. The van der Waals surface area contributed by atoms with Gasteiger partial charge in [0.2, 0.25) is 5.88 Å². The zero-order chi connectivity index (χ0) is 13.1. The summed E-state index contributed by atoms with van der Waals surface area (Å²) in [4.78, 5) is 4.16. The number of hydrogen-bond donors (Lipinski definition) is 1. The second kappa shape index (κ2) is 5.38. The van der Waals surface area contributed by atoms with E-state index in [2.05, 4.69) is 11.9 Å². The quantitative estimate of drug-likeness (QED) is 0.919. The molecular formula is C14H15ClN2O. The molecule has 0 spiro atoms. The number of aryl methyl sites for hydroxylation is 2. The number of hydrogen-bond acceptors (Lipinski definition) is 3. The fourth-order valence-electron chi connectivity index (χ4n) is 1.54. The molecular weight excluding hydrogens is 248 g/mol. The largest absolute Gasteiger partial charge is 0.438 e. The fourth-order valence-corrected chi connectivity index (χ4v) is 1.77. The highest BCUT2D eigenvalue weighted by Crippen LogP contribution is 2.28. The van der Waals surface area contributed by atoms with Gasteiger partial charge < -0.3 is 10.5 Å². The van der Waals surface area contributed by atoms with Crippen LogP contribution in [-0.4, -0.2) is 4.98 Å². The van der Waals surface area contributed by atoms with Crippen molar-refractivity contribution in [3.63, 3.8) is 0 Å². The van der Waals surface area contributed by atoms with Crippen LogP contribution in [0.5, 0.6) is 11.6 Å². The lowest BCUT2D eigenvalue weighted by Gasteiger charge is -2.09. The van der Waals surface area contributed by atoms with Gasteiger partial charge in [-0.05, 0) is 48.7 Å². The molecule has 0 aliphatic rings. The van der Waals surface area contributed by atoms with E-state index in [0.717, 1.165) is 11.3 Å². The standard InChI is InChI=1S/C14H15ClN2O/c1-9-3-4-12(5-10(9)2)18-14-13(15)6-11(7-16)8-17-14/h3-6,8H,7,16H2,1-2H3. The molecule has 18 heavy (non-hydrogen) atoms. The topological polar surface area (TPSA) is 48.1 Å². The molecule has 1 aromatic heterocycles. The molecule has 0 saturated carbocycles. The molecule has 0 radical (unpaired) electrons. The summed E-state index contributed by atoms with van der Waals surface area (Å²) >= 11 is 6.09. The molecule has 0 saturated heterocycles. The Labute approximate surface area is 112 Å². The van der Waals surface area contributed by atoms with Gasteiger partial charge in [0.15, 0.2) is 0 Å². The van der Waals surface area contributed by atoms with Crippen molar-refractivity contribution < 1.29 is 4.74 Å². The lowest BCUT2D eigenvalue weighted by Crippen LogP contribution is -1.98. The van der Waals surface area contributed by atoms with E-state index in [-0.39, 0.29) is 0 Å². The zero-order valence-electron chi connectivity index (χ0n) is 10.4. The molecule has 0 fully saturated rings. The van der Waals surface area contributed by atoms with E-state index in [1.165, 1.54) is 11.1 Å². The minimum atomic E-state index is 0.400. The Kier molecular flexibility index (Phi) is 3.84. The number of benzene rings is 1. The smallest absolute Gasteiger partial charge is 0.238 e. The number of ether oxygens (including phenoxy) is 1. The van der Waals surface area contributed by atoms with Crippen LogP contribution in [-0.2, 0) is 6.54 Å². The summed E-state index contributed by atoms with van der Waals surface area (Å²) in [5, 5.41) is 0.469. The van der Waals surface area contributed by atoms with Crippen molar-refractivity contribution in [2.45, 2.75) is 20.4 Å². The fraction of sp³-hybridized carbons (Fsp3) is 0.214. The monoisotopic (exact) mass is 262 g/mol. The van der Waals surface area contributed by atoms with Gasteiger partial charge in [0.1, 0.15) is 10.8 Å². The van der Waals surface area contributed by atoms with Crippen LogP contribution in [0, 0.1) is 13.8 Å². The Morgan fingerprint density at radius 3 is 2.61 bits per heavy atom. The molecule has 0 aliphatic heterocycles. The summed E-state index contributed by atoms with van der Waals surface area (Å²) in [7, 11) is 0. The molecule has 2 rings (SSSR count). The van der Waals surface area contributed by atoms with Crippen LogP contribution in [0.3, 0.4) is 0 Å². The van der Waals surface area contributed by atoms with Gasteiger partial charge in [0.25, 0.3) is 0 Å². The molecule has 4 heteroatoms. The van der Waals surface area contributed by atoms with Gasteiger partial charge in [-0.1, -0.05) is 17.7 Å². The van der Waals surface area contributed by atoms with Gasteiger partial charge in [-0.25, -0.2) is 4.98 Å². The highest BCUT2D eigenvalue weighted by Gasteiger charge is 2.06. The Hall–Kier alpha value is -1.58. The van der Waals surface area contributed by atoms with Gasteiger partial charge in [0.05, 0.1) is 0 Å². The molecule has 0 atom stereocenters. The van der Waals surface area contributed by atoms with Gasteiger partial charge in [0, 0.05) is 12.7 Å². The molecule has 3 nitrogen and oxygen atoms in total. The van der Waals surface area contributed by atoms with Crippen LogP contribution in [0.25, 0.3) is 0 Å². The van der Waals surface area contributed by atoms with Crippen LogP contribution in [0.15, 0.2) is 30.5 Å². The third-order valence-corrected chi connectivity index (χ3v) is 3.06. The molecule has 2 N–H and O–H groups in total. The van der Waals surface area contributed by atoms with Gasteiger partial charge >= 0.3 is 0 Å². The van der Waals surface area contributed by atoms with Crippen LogP contribution in [0.4, 0.5) is 0 Å². The second-order valence-corrected chi connectivity index (χ2v) is 4.59. The van der Waals surface area contributed by atoms with Crippen molar-refractivity contribution in [1.29, 1.82) is 0 Å². The minimum absolute atomic E-state index is 0.400. The maximum Gasteiger partial charge on any atom is 0.238 e. The summed E-state index contributed by atoms with van der Waals surface area (Å²) < 4.78 is 5.66. The molecule has 1 aromatic carbocycles. The molecule has 0 unspecified atom stereocenters. The first-order valence-corrected chi connectivity index (χ1v) is 6.07. The maximum atomic E-state index is 6.09. The Morgan fingerprint density at radius 2 is 2.00 bits per heavy atom. The summed E-state index contributed by atoms with van der Waals surface area (Å²) in [6.07, 6.45) is 1.67. The first-order valence-electron chi connectivity index (χ1n) is 5.69. The Morgan fingerprint density at radius 1 is 1.22 bits per heavy atom. The third-order valence-electron chi connectivity index (χ3n) is 2.79. The average molecular weight is 263 g/mol. The van der Waals surface area contributed by atoms with Crippen LogP contribution >= 0.6 is 11.6 Å². The predicted octanol–water partition coefficient (Wildman–Crippen LogP) is 3.60. The van der Waals surface area contributed by atoms with Gasteiger partial charge in [-0.15, -0.1) is 0 Å². The van der Waals surface area contributed by atoms with Crippen molar-refractivity contribution in [3.05, 3.63) is 52.2 Å². The molecule has 1 heterocycles. The van der Waals surface area contributed by atoms with Crippen LogP contribution in [0.1, 0.15) is 16.7 Å². The lowest BCUT2D eigenvalue weighted by molar-refractivity contribution is 0.462. The minimum Gasteiger partial charge on any atom is -0.438 e. The van der Waals surface area contributed by atoms with Gasteiger partial charge in [-0.2, -0.15) is 0 Å². The molecule has 94 valence electrons. The summed E-state index contributed by atoms with van der Waals surface area (Å²) in [5.41, 5.74) is 8.79. The normalized spacial score (nSPS) is 10.4. The summed E-state index contributed by atoms with van der Waals surface area (Å²) in [6, 6.07) is 7.64. The van der Waals surface area contributed by atoms with Crippen molar-refractivity contribution in [2.24, 2.45) is 5.73 Å². The van der Waals surface area contributed by atoms with E-state index in [1.54, 1.807) is 12.3 Å². The average Bonchev–Trinajstić information content (AvgIpc) is 2.36. The lowest BCUT2D eigenvalue weighted by atomic mass is 10.1. The van der Waals surface area contributed by atoms with Crippen LogP contribution in [0.2, 0.25) is 5.02 Å². The number of nitrogens with two attached hydrogens (primary N) is 1.